The monoisotopic (exact) mass is 294 g/mol. The van der Waals surface area contributed by atoms with Crippen molar-refractivity contribution < 1.29 is 0 Å². The van der Waals surface area contributed by atoms with E-state index in [1.54, 1.807) is 0 Å². The maximum absolute atomic E-state index is 11.4. The molecular formula is C11H11BrN4O. The first kappa shape index (κ1) is 11.7. The molecule has 0 saturated heterocycles. The van der Waals surface area contributed by atoms with Crippen LogP contribution in [0.2, 0.25) is 0 Å². The van der Waals surface area contributed by atoms with Gasteiger partial charge in [-0.05, 0) is 21.5 Å². The second-order valence-corrected chi connectivity index (χ2v) is 4.25. The molecule has 88 valence electrons. The average Bonchev–Trinajstić information content (AvgIpc) is 2.33. The van der Waals surface area contributed by atoms with Gasteiger partial charge in [-0.2, -0.15) is 4.98 Å². The Balaban J connectivity index is 2.17. The number of H-pyrrole nitrogens is 1. The van der Waals surface area contributed by atoms with E-state index in [9.17, 15) is 4.79 Å². The second-order valence-electron chi connectivity index (χ2n) is 3.45. The van der Waals surface area contributed by atoms with Crippen molar-refractivity contribution in [3.05, 3.63) is 50.7 Å². The van der Waals surface area contributed by atoms with E-state index in [1.165, 1.54) is 0 Å². The molecular weight excluding hydrogens is 284 g/mol. The zero-order valence-corrected chi connectivity index (χ0v) is 10.5. The largest absolute Gasteiger partial charge is 0.369 e. The van der Waals surface area contributed by atoms with Gasteiger partial charge in [-0.3, -0.25) is 9.78 Å². The van der Waals surface area contributed by atoms with E-state index in [2.05, 4.69) is 31.2 Å². The van der Waals surface area contributed by atoms with Gasteiger partial charge in [0.15, 0.2) is 0 Å². The molecule has 0 aliphatic rings. The van der Waals surface area contributed by atoms with Gasteiger partial charge in [0.25, 0.3) is 5.56 Å². The molecule has 1 aromatic heterocycles. The lowest BCUT2D eigenvalue weighted by atomic mass is 10.2. The highest BCUT2D eigenvalue weighted by molar-refractivity contribution is 9.10. The average molecular weight is 295 g/mol. The molecule has 0 aliphatic heterocycles. The van der Waals surface area contributed by atoms with E-state index < -0.39 is 0 Å². The lowest BCUT2D eigenvalue weighted by Crippen LogP contribution is -2.15. The molecule has 4 N–H and O–H groups in total. The second kappa shape index (κ2) is 5.01. The number of aromatic nitrogens is 2. The Hall–Kier alpha value is -1.82. The van der Waals surface area contributed by atoms with Crippen molar-refractivity contribution >= 4 is 27.7 Å². The quantitative estimate of drug-likeness (QED) is 0.805. The zero-order valence-electron chi connectivity index (χ0n) is 8.90. The van der Waals surface area contributed by atoms with Crippen LogP contribution in [-0.4, -0.2) is 9.97 Å². The number of benzene rings is 1. The van der Waals surface area contributed by atoms with Gasteiger partial charge in [0, 0.05) is 6.54 Å². The summed E-state index contributed by atoms with van der Waals surface area (Å²) in [6.45, 7) is 0.579. The van der Waals surface area contributed by atoms with Crippen molar-refractivity contribution in [2.75, 3.05) is 11.1 Å². The van der Waals surface area contributed by atoms with Gasteiger partial charge in [0.05, 0.1) is 0 Å². The van der Waals surface area contributed by atoms with Gasteiger partial charge in [0.1, 0.15) is 10.3 Å². The van der Waals surface area contributed by atoms with E-state index in [-0.39, 0.29) is 11.5 Å². The minimum Gasteiger partial charge on any atom is -0.369 e. The standard InChI is InChI=1S/C11H11BrN4O/c12-8-9(15-11(13)16-10(8)17)14-6-7-4-2-1-3-5-7/h1-5H,6H2,(H4,13,14,15,16,17). The molecule has 0 bridgehead atoms. The Morgan fingerprint density at radius 3 is 2.76 bits per heavy atom. The highest BCUT2D eigenvalue weighted by atomic mass is 79.9. The van der Waals surface area contributed by atoms with Gasteiger partial charge in [-0.15, -0.1) is 0 Å². The normalized spacial score (nSPS) is 10.2. The highest BCUT2D eigenvalue weighted by Gasteiger charge is 2.06. The summed E-state index contributed by atoms with van der Waals surface area (Å²) in [5, 5.41) is 3.05. The van der Waals surface area contributed by atoms with Gasteiger partial charge in [-0.1, -0.05) is 30.3 Å². The summed E-state index contributed by atoms with van der Waals surface area (Å²) in [4.78, 5) is 17.8. The molecule has 0 spiro atoms. The first-order chi connectivity index (χ1) is 8.16. The Kier molecular flexibility index (Phi) is 3.43. The van der Waals surface area contributed by atoms with E-state index in [1.807, 2.05) is 30.3 Å². The Labute approximate surface area is 106 Å². The van der Waals surface area contributed by atoms with E-state index in [0.29, 0.717) is 16.8 Å². The van der Waals surface area contributed by atoms with E-state index in [0.717, 1.165) is 5.56 Å². The van der Waals surface area contributed by atoms with Gasteiger partial charge >= 0.3 is 0 Å². The number of nitrogens with zero attached hydrogens (tertiary/aromatic N) is 1. The Bertz CT molecular complexity index is 567. The molecule has 2 rings (SSSR count). The number of anilines is 2. The first-order valence-corrected chi connectivity index (χ1v) is 5.79. The highest BCUT2D eigenvalue weighted by Crippen LogP contribution is 2.16. The van der Waals surface area contributed by atoms with Crippen LogP contribution in [0, 0.1) is 0 Å². The summed E-state index contributed by atoms with van der Waals surface area (Å²) in [6, 6.07) is 9.81. The molecule has 0 atom stereocenters. The summed E-state index contributed by atoms with van der Waals surface area (Å²) in [7, 11) is 0. The SMILES string of the molecule is Nc1nc(NCc2ccccc2)c(Br)c(=O)[nH]1. The number of hydrogen-bond donors (Lipinski definition) is 3. The Morgan fingerprint density at radius 2 is 2.06 bits per heavy atom. The lowest BCUT2D eigenvalue weighted by Gasteiger charge is -2.07. The van der Waals surface area contributed by atoms with Crippen molar-refractivity contribution in [1.29, 1.82) is 0 Å². The van der Waals surface area contributed by atoms with Crippen molar-refractivity contribution in [2.24, 2.45) is 0 Å². The molecule has 0 saturated carbocycles. The molecule has 0 aliphatic carbocycles. The van der Waals surface area contributed by atoms with Crippen LogP contribution in [0.4, 0.5) is 11.8 Å². The van der Waals surface area contributed by atoms with E-state index >= 15 is 0 Å². The summed E-state index contributed by atoms with van der Waals surface area (Å²) < 4.78 is 0.350. The van der Waals surface area contributed by atoms with Crippen LogP contribution < -0.4 is 16.6 Å². The minimum atomic E-state index is -0.298. The fraction of sp³-hybridized carbons (Fsp3) is 0.0909. The number of nitrogens with two attached hydrogens (primary N) is 1. The molecule has 5 nitrogen and oxygen atoms in total. The van der Waals surface area contributed by atoms with Gasteiger partial charge < -0.3 is 11.1 Å². The smallest absolute Gasteiger partial charge is 0.268 e. The molecule has 1 aromatic carbocycles. The van der Waals surface area contributed by atoms with Crippen LogP contribution in [0.3, 0.4) is 0 Å². The number of rotatable bonds is 3. The third-order valence-corrected chi connectivity index (χ3v) is 2.92. The molecule has 17 heavy (non-hydrogen) atoms. The molecule has 0 unspecified atom stereocenters. The van der Waals surface area contributed by atoms with Crippen LogP contribution in [0.1, 0.15) is 5.56 Å². The van der Waals surface area contributed by atoms with Crippen LogP contribution in [0.25, 0.3) is 0 Å². The van der Waals surface area contributed by atoms with Crippen molar-refractivity contribution in [3.63, 3.8) is 0 Å². The van der Waals surface area contributed by atoms with E-state index in [4.69, 9.17) is 5.73 Å². The maximum atomic E-state index is 11.4. The maximum Gasteiger partial charge on any atom is 0.268 e. The first-order valence-electron chi connectivity index (χ1n) is 5.00. The molecule has 0 amide bonds. The molecule has 2 aromatic rings. The molecule has 6 heteroatoms. The van der Waals surface area contributed by atoms with Crippen LogP contribution in [0.5, 0.6) is 0 Å². The van der Waals surface area contributed by atoms with Gasteiger partial charge in [-0.25, -0.2) is 0 Å². The number of hydrogen-bond acceptors (Lipinski definition) is 4. The lowest BCUT2D eigenvalue weighted by molar-refractivity contribution is 1.06. The fourth-order valence-electron chi connectivity index (χ4n) is 1.37. The minimum absolute atomic E-state index is 0.0914. The zero-order chi connectivity index (χ0) is 12.3. The number of nitrogens with one attached hydrogen (secondary N) is 2. The predicted octanol–water partition coefficient (Wildman–Crippen LogP) is 1.73. The van der Waals surface area contributed by atoms with Gasteiger partial charge in [0.2, 0.25) is 5.95 Å². The molecule has 0 fully saturated rings. The number of halogens is 1. The van der Waals surface area contributed by atoms with Crippen LogP contribution in [-0.2, 0) is 6.54 Å². The number of aromatic amines is 1. The summed E-state index contributed by atoms with van der Waals surface area (Å²) in [5.74, 6) is 0.531. The summed E-state index contributed by atoms with van der Waals surface area (Å²) in [6.07, 6.45) is 0. The van der Waals surface area contributed by atoms with Crippen molar-refractivity contribution in [2.45, 2.75) is 6.54 Å². The van der Waals surface area contributed by atoms with Crippen molar-refractivity contribution in [3.8, 4) is 0 Å². The summed E-state index contributed by atoms with van der Waals surface area (Å²) in [5.41, 5.74) is 6.27. The third kappa shape index (κ3) is 2.85. The summed E-state index contributed by atoms with van der Waals surface area (Å²) >= 11 is 3.16. The number of nitrogen functional groups attached to an aromatic ring is 1. The Morgan fingerprint density at radius 1 is 1.35 bits per heavy atom. The predicted molar refractivity (Wildman–Crippen MR) is 70.7 cm³/mol. The van der Waals surface area contributed by atoms with Crippen LogP contribution >= 0.6 is 15.9 Å². The fourth-order valence-corrected chi connectivity index (χ4v) is 1.70. The molecule has 1 heterocycles. The van der Waals surface area contributed by atoms with Crippen LogP contribution in [0.15, 0.2) is 39.6 Å². The van der Waals surface area contributed by atoms with Crippen molar-refractivity contribution in [1.82, 2.24) is 9.97 Å². The molecule has 0 radical (unpaired) electrons. The topological polar surface area (TPSA) is 83.8 Å². The third-order valence-electron chi connectivity index (χ3n) is 2.18.